The van der Waals surface area contributed by atoms with E-state index in [1.165, 1.54) is 12.0 Å². The lowest BCUT2D eigenvalue weighted by Crippen LogP contribution is -2.63. The third-order valence-corrected chi connectivity index (χ3v) is 8.79. The minimum absolute atomic E-state index is 0.348. The van der Waals surface area contributed by atoms with Gasteiger partial charge in [-0.25, -0.2) is 4.79 Å². The van der Waals surface area contributed by atoms with Gasteiger partial charge in [-0.1, -0.05) is 57.2 Å². The maximum Gasteiger partial charge on any atom is 0.335 e. The molecule has 2 aromatic carbocycles. The monoisotopic (exact) mass is 444 g/mol. The van der Waals surface area contributed by atoms with Crippen LogP contribution in [0.2, 0.25) is 0 Å². The summed E-state index contributed by atoms with van der Waals surface area (Å²) in [7, 11) is 0. The smallest absolute Gasteiger partial charge is 0.335 e. The number of carboxylic acids is 1. The van der Waals surface area contributed by atoms with E-state index in [4.69, 9.17) is 5.11 Å². The number of carbonyl (C=O) groups is 1. The molecule has 174 valence electrons. The predicted molar refractivity (Wildman–Crippen MR) is 135 cm³/mol. The molecule has 4 nitrogen and oxygen atoms in total. The number of piperidine rings is 1. The van der Waals surface area contributed by atoms with Crippen LogP contribution in [0.5, 0.6) is 0 Å². The van der Waals surface area contributed by atoms with Gasteiger partial charge < -0.3 is 15.3 Å². The van der Waals surface area contributed by atoms with Gasteiger partial charge in [0.05, 0.1) is 5.56 Å². The molecule has 1 aliphatic heterocycles. The van der Waals surface area contributed by atoms with Crippen molar-refractivity contribution >= 4 is 17.7 Å². The van der Waals surface area contributed by atoms with Crippen molar-refractivity contribution in [3.8, 4) is 0 Å². The van der Waals surface area contributed by atoms with Crippen LogP contribution in [0, 0.1) is 23.2 Å². The zero-order valence-corrected chi connectivity index (χ0v) is 20.0. The second kappa shape index (κ2) is 8.64. The third-order valence-electron chi connectivity index (χ3n) is 8.79. The lowest BCUT2D eigenvalue weighted by Gasteiger charge is -2.63. The van der Waals surface area contributed by atoms with Crippen molar-refractivity contribution in [2.75, 3.05) is 18.0 Å². The summed E-state index contributed by atoms with van der Waals surface area (Å²) in [5, 5.41) is 13.2. The highest BCUT2D eigenvalue weighted by Crippen LogP contribution is 2.63. The molecule has 2 bridgehead atoms. The molecule has 3 saturated carbocycles. The Morgan fingerprint density at radius 3 is 2.33 bits per heavy atom. The van der Waals surface area contributed by atoms with Crippen LogP contribution < -0.4 is 10.2 Å². The quantitative estimate of drug-likeness (QED) is 0.620. The molecule has 0 spiro atoms. The molecule has 4 fully saturated rings. The Morgan fingerprint density at radius 1 is 1.06 bits per heavy atom. The summed E-state index contributed by atoms with van der Waals surface area (Å²) in [5.41, 5.74) is 4.78. The van der Waals surface area contributed by atoms with Crippen LogP contribution in [0.3, 0.4) is 0 Å². The van der Waals surface area contributed by atoms with E-state index in [1.54, 1.807) is 17.7 Å². The Bertz CT molecular complexity index is 1020. The standard InChI is InChI=1S/C29H36N2O2/c1-19-25-18-26(29(25,2)3)24(17-20-7-5-4-6-8-20)27(19)30-22-13-15-31(16-14-22)23-11-9-21(10-12-23)28(32)33/h4-12,17,19,22,25-27,30H,13-16,18H2,1-3H3,(H,32,33)/t19-,25-,26-,27-/m0/s1. The maximum atomic E-state index is 11.1. The summed E-state index contributed by atoms with van der Waals surface area (Å²) in [6.45, 7) is 9.39. The van der Waals surface area contributed by atoms with Crippen molar-refractivity contribution in [1.29, 1.82) is 0 Å². The molecule has 4 aliphatic rings. The summed E-state index contributed by atoms with van der Waals surface area (Å²) >= 11 is 0. The van der Waals surface area contributed by atoms with Crippen molar-refractivity contribution in [2.45, 2.75) is 52.1 Å². The molecule has 0 radical (unpaired) electrons. The second-order valence-electron chi connectivity index (χ2n) is 10.9. The van der Waals surface area contributed by atoms with Gasteiger partial charge in [0.1, 0.15) is 0 Å². The zero-order chi connectivity index (χ0) is 23.2. The number of nitrogens with one attached hydrogen (secondary N) is 1. The number of carboxylic acid groups (broad SMARTS) is 1. The van der Waals surface area contributed by atoms with Crippen molar-refractivity contribution in [1.82, 2.24) is 5.32 Å². The number of hydrogen-bond donors (Lipinski definition) is 2. The van der Waals surface area contributed by atoms with E-state index in [0.29, 0.717) is 34.9 Å². The average molecular weight is 445 g/mol. The number of benzene rings is 2. The van der Waals surface area contributed by atoms with Gasteiger partial charge in [-0.2, -0.15) is 0 Å². The summed E-state index contributed by atoms with van der Waals surface area (Å²) < 4.78 is 0. The van der Waals surface area contributed by atoms with Crippen molar-refractivity contribution in [3.05, 3.63) is 71.3 Å². The van der Waals surface area contributed by atoms with E-state index >= 15 is 0 Å². The first kappa shape index (κ1) is 22.2. The third kappa shape index (κ3) is 4.10. The van der Waals surface area contributed by atoms with E-state index in [0.717, 1.165) is 37.5 Å². The fraction of sp³-hybridized carbons (Fsp3) is 0.483. The molecule has 0 unspecified atom stereocenters. The van der Waals surface area contributed by atoms with E-state index in [1.807, 2.05) is 12.1 Å². The Kier molecular flexibility index (Phi) is 5.82. The number of anilines is 1. The average Bonchev–Trinajstić information content (AvgIpc) is 2.82. The second-order valence-corrected chi connectivity index (χ2v) is 10.9. The van der Waals surface area contributed by atoms with Gasteiger partial charge in [-0.15, -0.1) is 0 Å². The lowest BCUT2D eigenvalue weighted by molar-refractivity contribution is -0.0768. The van der Waals surface area contributed by atoms with Gasteiger partial charge in [0.25, 0.3) is 0 Å². The SMILES string of the molecule is C[C@@H]1[C@H](NC2CCN(c3ccc(C(=O)O)cc3)CC2)C(=Cc2ccccc2)[C@@H]2C[C@@H]1C2(C)C. The zero-order valence-electron chi connectivity index (χ0n) is 20.0. The van der Waals surface area contributed by atoms with Gasteiger partial charge in [0, 0.05) is 30.9 Å². The lowest BCUT2D eigenvalue weighted by atomic mass is 9.43. The van der Waals surface area contributed by atoms with E-state index < -0.39 is 5.97 Å². The number of rotatable bonds is 5. The highest BCUT2D eigenvalue weighted by atomic mass is 16.4. The van der Waals surface area contributed by atoms with Crippen LogP contribution in [-0.4, -0.2) is 36.2 Å². The van der Waals surface area contributed by atoms with Gasteiger partial charge in [0.15, 0.2) is 0 Å². The summed E-state index contributed by atoms with van der Waals surface area (Å²) in [6, 6.07) is 19.1. The first-order chi connectivity index (χ1) is 15.8. The summed E-state index contributed by atoms with van der Waals surface area (Å²) in [6.07, 6.45) is 6.02. The van der Waals surface area contributed by atoms with E-state index in [-0.39, 0.29) is 0 Å². The molecule has 6 rings (SSSR count). The predicted octanol–water partition coefficient (Wildman–Crippen LogP) is 5.71. The topological polar surface area (TPSA) is 52.6 Å². The first-order valence-corrected chi connectivity index (χ1v) is 12.5. The molecule has 2 N–H and O–H groups in total. The molecule has 4 atom stereocenters. The maximum absolute atomic E-state index is 11.1. The van der Waals surface area contributed by atoms with Gasteiger partial charge >= 0.3 is 5.97 Å². The van der Waals surface area contributed by atoms with Crippen LogP contribution >= 0.6 is 0 Å². The number of aromatic carboxylic acids is 1. The molecule has 4 heteroatoms. The molecular formula is C29H36N2O2. The molecule has 0 aromatic heterocycles. The summed E-state index contributed by atoms with van der Waals surface area (Å²) in [5.74, 6) is 1.23. The fourth-order valence-electron chi connectivity index (χ4n) is 6.72. The first-order valence-electron chi connectivity index (χ1n) is 12.5. The molecule has 0 amide bonds. The van der Waals surface area contributed by atoms with Crippen LogP contribution in [-0.2, 0) is 0 Å². The van der Waals surface area contributed by atoms with Gasteiger partial charge in [-0.05, 0) is 77.8 Å². The minimum Gasteiger partial charge on any atom is -0.478 e. The van der Waals surface area contributed by atoms with Crippen molar-refractivity contribution in [3.63, 3.8) is 0 Å². The number of hydrogen-bond acceptors (Lipinski definition) is 3. The normalized spacial score (nSPS) is 30.2. The molecule has 1 heterocycles. The minimum atomic E-state index is -0.869. The fourth-order valence-corrected chi connectivity index (χ4v) is 6.72. The van der Waals surface area contributed by atoms with E-state index in [2.05, 4.69) is 67.4 Å². The van der Waals surface area contributed by atoms with E-state index in [9.17, 15) is 4.79 Å². The Hall–Kier alpha value is -2.59. The molecule has 33 heavy (non-hydrogen) atoms. The molecular weight excluding hydrogens is 408 g/mol. The Morgan fingerprint density at radius 2 is 1.73 bits per heavy atom. The number of nitrogens with zero attached hydrogens (tertiary/aromatic N) is 1. The highest BCUT2D eigenvalue weighted by Gasteiger charge is 2.58. The number of fused-ring (bicyclic) bond motifs is 2. The molecule has 1 saturated heterocycles. The van der Waals surface area contributed by atoms with Crippen molar-refractivity contribution < 1.29 is 9.90 Å². The van der Waals surface area contributed by atoms with Crippen molar-refractivity contribution in [2.24, 2.45) is 23.2 Å². The van der Waals surface area contributed by atoms with Crippen LogP contribution in [0.1, 0.15) is 56.0 Å². The van der Waals surface area contributed by atoms with Crippen LogP contribution in [0.25, 0.3) is 6.08 Å². The highest BCUT2D eigenvalue weighted by molar-refractivity contribution is 5.88. The Labute approximate surface area is 197 Å². The van der Waals surface area contributed by atoms with Crippen LogP contribution in [0.4, 0.5) is 5.69 Å². The molecule has 2 aromatic rings. The summed E-state index contributed by atoms with van der Waals surface area (Å²) in [4.78, 5) is 13.5. The largest absolute Gasteiger partial charge is 0.478 e. The van der Waals surface area contributed by atoms with Crippen LogP contribution in [0.15, 0.2) is 60.2 Å². The Balaban J connectivity index is 1.28. The van der Waals surface area contributed by atoms with Gasteiger partial charge in [0.2, 0.25) is 0 Å². The van der Waals surface area contributed by atoms with Gasteiger partial charge in [-0.3, -0.25) is 0 Å². The molecule has 3 aliphatic carbocycles.